The molecule has 110 valence electrons. The Hall–Kier alpha value is -2.40. The van der Waals surface area contributed by atoms with Crippen LogP contribution in [0.15, 0.2) is 48.5 Å². The van der Waals surface area contributed by atoms with Crippen molar-refractivity contribution in [2.45, 2.75) is 13.0 Å². The number of benzene rings is 2. The van der Waals surface area contributed by atoms with Gasteiger partial charge in [-0.15, -0.1) is 0 Å². The summed E-state index contributed by atoms with van der Waals surface area (Å²) in [6, 6.07) is 12.9. The average molecular weight is 288 g/mol. The number of aliphatic hydroxyl groups is 1. The second-order valence-corrected chi connectivity index (χ2v) is 4.71. The Kier molecular flexibility index (Phi) is 4.90. The molecule has 2 aromatic carbocycles. The van der Waals surface area contributed by atoms with Gasteiger partial charge in [-0.1, -0.05) is 18.2 Å². The van der Waals surface area contributed by atoms with Crippen LogP contribution in [0.1, 0.15) is 18.6 Å². The van der Waals surface area contributed by atoms with Crippen molar-refractivity contribution in [2.24, 2.45) is 0 Å². The number of aliphatic hydroxyl groups excluding tert-OH is 1. The third-order valence-corrected chi connectivity index (χ3v) is 2.94. The maximum absolute atomic E-state index is 12.8. The number of anilines is 2. The van der Waals surface area contributed by atoms with Crippen LogP contribution in [0.5, 0.6) is 0 Å². The van der Waals surface area contributed by atoms with Crippen molar-refractivity contribution in [2.75, 3.05) is 17.2 Å². The largest absolute Gasteiger partial charge is 0.387 e. The van der Waals surface area contributed by atoms with Crippen molar-refractivity contribution < 1.29 is 14.3 Å². The van der Waals surface area contributed by atoms with Crippen LogP contribution in [0, 0.1) is 5.82 Å². The van der Waals surface area contributed by atoms with E-state index in [4.69, 9.17) is 0 Å². The molecule has 0 aliphatic rings. The van der Waals surface area contributed by atoms with Crippen LogP contribution in [0.4, 0.5) is 15.8 Å². The molecule has 2 aromatic rings. The Morgan fingerprint density at radius 2 is 1.86 bits per heavy atom. The van der Waals surface area contributed by atoms with E-state index in [1.165, 1.54) is 19.1 Å². The van der Waals surface area contributed by atoms with Gasteiger partial charge in [-0.3, -0.25) is 4.79 Å². The Morgan fingerprint density at radius 1 is 1.19 bits per heavy atom. The summed E-state index contributed by atoms with van der Waals surface area (Å²) in [5, 5.41) is 15.8. The van der Waals surface area contributed by atoms with Crippen LogP contribution in [-0.2, 0) is 4.79 Å². The maximum Gasteiger partial charge on any atom is 0.221 e. The maximum atomic E-state index is 12.8. The summed E-state index contributed by atoms with van der Waals surface area (Å²) in [6.45, 7) is 1.73. The summed E-state index contributed by atoms with van der Waals surface area (Å²) >= 11 is 0. The molecule has 0 aliphatic heterocycles. The first-order chi connectivity index (χ1) is 10.0. The number of carbonyl (C=O) groups excluding carboxylic acids is 1. The minimum atomic E-state index is -0.741. The molecule has 0 radical (unpaired) electrons. The summed E-state index contributed by atoms with van der Waals surface area (Å²) in [4.78, 5) is 11.0. The van der Waals surface area contributed by atoms with Crippen molar-refractivity contribution >= 4 is 17.3 Å². The highest BCUT2D eigenvalue weighted by Crippen LogP contribution is 2.18. The quantitative estimate of drug-likeness (QED) is 0.792. The van der Waals surface area contributed by atoms with Crippen molar-refractivity contribution in [3.63, 3.8) is 0 Å². The van der Waals surface area contributed by atoms with Gasteiger partial charge < -0.3 is 15.7 Å². The number of hydrogen-bond acceptors (Lipinski definition) is 3. The second-order valence-electron chi connectivity index (χ2n) is 4.71. The SMILES string of the molecule is CC(=O)Nc1cccc(NCC(O)c2ccc(F)cc2)c1. The first-order valence-corrected chi connectivity index (χ1v) is 6.59. The monoisotopic (exact) mass is 288 g/mol. The molecule has 0 aromatic heterocycles. The van der Waals surface area contributed by atoms with Gasteiger partial charge in [0.1, 0.15) is 5.82 Å². The van der Waals surface area contributed by atoms with E-state index in [9.17, 15) is 14.3 Å². The van der Waals surface area contributed by atoms with Crippen molar-refractivity contribution in [3.05, 3.63) is 59.9 Å². The van der Waals surface area contributed by atoms with E-state index in [-0.39, 0.29) is 18.3 Å². The van der Waals surface area contributed by atoms with E-state index in [0.717, 1.165) is 5.69 Å². The fourth-order valence-electron chi connectivity index (χ4n) is 1.93. The number of carbonyl (C=O) groups is 1. The number of halogens is 1. The minimum absolute atomic E-state index is 0.140. The highest BCUT2D eigenvalue weighted by Gasteiger charge is 2.07. The van der Waals surface area contributed by atoms with Gasteiger partial charge in [0.15, 0.2) is 0 Å². The number of nitrogens with one attached hydrogen (secondary N) is 2. The molecule has 0 heterocycles. The lowest BCUT2D eigenvalue weighted by molar-refractivity contribution is -0.114. The lowest BCUT2D eigenvalue weighted by atomic mass is 10.1. The van der Waals surface area contributed by atoms with Crippen LogP contribution in [0.25, 0.3) is 0 Å². The van der Waals surface area contributed by atoms with E-state index in [0.29, 0.717) is 11.3 Å². The standard InChI is InChI=1S/C16H17FN2O2/c1-11(20)19-15-4-2-3-14(9-15)18-10-16(21)12-5-7-13(17)8-6-12/h2-9,16,18,21H,10H2,1H3,(H,19,20). The molecule has 0 spiro atoms. The van der Waals surface area contributed by atoms with Crippen molar-refractivity contribution in [1.82, 2.24) is 0 Å². The molecule has 1 amide bonds. The molecule has 3 N–H and O–H groups in total. The molecule has 5 heteroatoms. The van der Waals surface area contributed by atoms with Crippen LogP contribution < -0.4 is 10.6 Å². The van der Waals surface area contributed by atoms with E-state index in [1.807, 2.05) is 6.07 Å². The molecule has 1 unspecified atom stereocenters. The highest BCUT2D eigenvalue weighted by atomic mass is 19.1. The topological polar surface area (TPSA) is 61.4 Å². The minimum Gasteiger partial charge on any atom is -0.387 e. The Balaban J connectivity index is 1.96. The van der Waals surface area contributed by atoms with Crippen LogP contribution in [0.3, 0.4) is 0 Å². The van der Waals surface area contributed by atoms with Crippen molar-refractivity contribution in [1.29, 1.82) is 0 Å². The molecule has 4 nitrogen and oxygen atoms in total. The fourth-order valence-corrected chi connectivity index (χ4v) is 1.93. The average Bonchev–Trinajstić information content (AvgIpc) is 2.45. The zero-order chi connectivity index (χ0) is 15.2. The second kappa shape index (κ2) is 6.85. The summed E-state index contributed by atoms with van der Waals surface area (Å²) in [7, 11) is 0. The molecule has 21 heavy (non-hydrogen) atoms. The normalized spacial score (nSPS) is 11.8. The number of rotatable bonds is 5. The third kappa shape index (κ3) is 4.57. The van der Waals surface area contributed by atoms with E-state index in [2.05, 4.69) is 10.6 Å². The molecule has 0 bridgehead atoms. The summed E-state index contributed by atoms with van der Waals surface area (Å²) in [5.74, 6) is -0.472. The first kappa shape index (κ1) is 15.0. The van der Waals surface area contributed by atoms with Gasteiger partial charge in [-0.2, -0.15) is 0 Å². The molecular weight excluding hydrogens is 271 g/mol. The smallest absolute Gasteiger partial charge is 0.221 e. The lowest BCUT2D eigenvalue weighted by Crippen LogP contribution is -2.12. The summed E-state index contributed by atoms with van der Waals surface area (Å²) in [5.41, 5.74) is 2.10. The van der Waals surface area contributed by atoms with Gasteiger partial charge in [0, 0.05) is 24.8 Å². The van der Waals surface area contributed by atoms with E-state index < -0.39 is 6.10 Å². The molecule has 0 fully saturated rings. The van der Waals surface area contributed by atoms with Gasteiger partial charge in [0.2, 0.25) is 5.91 Å². The molecule has 1 atom stereocenters. The highest BCUT2D eigenvalue weighted by molar-refractivity contribution is 5.89. The van der Waals surface area contributed by atoms with Crippen LogP contribution >= 0.6 is 0 Å². The number of hydrogen-bond donors (Lipinski definition) is 3. The molecular formula is C16H17FN2O2. The van der Waals surface area contributed by atoms with Crippen molar-refractivity contribution in [3.8, 4) is 0 Å². The van der Waals surface area contributed by atoms with E-state index in [1.54, 1.807) is 30.3 Å². The Bertz CT molecular complexity index is 614. The predicted molar refractivity (Wildman–Crippen MR) is 80.6 cm³/mol. The van der Waals surface area contributed by atoms with Crippen LogP contribution in [-0.4, -0.2) is 17.6 Å². The van der Waals surface area contributed by atoms with Gasteiger partial charge >= 0.3 is 0 Å². The molecule has 0 saturated carbocycles. The van der Waals surface area contributed by atoms with Gasteiger partial charge in [0.05, 0.1) is 6.10 Å². The van der Waals surface area contributed by atoms with Crippen LogP contribution in [0.2, 0.25) is 0 Å². The van der Waals surface area contributed by atoms with Gasteiger partial charge in [0.25, 0.3) is 0 Å². The fraction of sp³-hybridized carbons (Fsp3) is 0.188. The van der Waals surface area contributed by atoms with E-state index >= 15 is 0 Å². The third-order valence-electron chi connectivity index (χ3n) is 2.94. The number of amides is 1. The molecule has 2 rings (SSSR count). The Morgan fingerprint density at radius 3 is 2.52 bits per heavy atom. The zero-order valence-corrected chi connectivity index (χ0v) is 11.6. The zero-order valence-electron chi connectivity index (χ0n) is 11.6. The summed E-state index contributed by atoms with van der Waals surface area (Å²) < 4.78 is 12.8. The summed E-state index contributed by atoms with van der Waals surface area (Å²) in [6.07, 6.45) is -0.741. The first-order valence-electron chi connectivity index (χ1n) is 6.59. The molecule has 0 aliphatic carbocycles. The van der Waals surface area contributed by atoms with Gasteiger partial charge in [-0.25, -0.2) is 4.39 Å². The predicted octanol–water partition coefficient (Wildman–Crippen LogP) is 2.93. The van der Waals surface area contributed by atoms with Gasteiger partial charge in [-0.05, 0) is 35.9 Å². The Labute approximate surface area is 122 Å². The lowest BCUT2D eigenvalue weighted by Gasteiger charge is -2.14. The molecule has 0 saturated heterocycles.